The van der Waals surface area contributed by atoms with Gasteiger partial charge >= 0.3 is 0 Å². The van der Waals surface area contributed by atoms with Gasteiger partial charge in [-0.15, -0.1) is 0 Å². The Balaban J connectivity index is 0.000000145. The molecule has 48 valence electrons. The van der Waals surface area contributed by atoms with Gasteiger partial charge in [0.1, 0.15) is 6.29 Å². The van der Waals surface area contributed by atoms with Crippen LogP contribution in [0.5, 0.6) is 0 Å². The molecule has 2 N–H and O–H groups in total. The van der Waals surface area contributed by atoms with E-state index in [1.807, 2.05) is 0 Å². The van der Waals surface area contributed by atoms with Crippen LogP contribution in [0.2, 0.25) is 0 Å². The third-order valence-electron chi connectivity index (χ3n) is 1.15. The molecule has 0 spiro atoms. The lowest BCUT2D eigenvalue weighted by Crippen LogP contribution is -2.27. The second-order valence-electron chi connectivity index (χ2n) is 1.93. The largest absolute Gasteiger partial charge is 0.328 e. The number of hydrogen-bond donors (Lipinski definition) is 1. The lowest BCUT2D eigenvalue weighted by Gasteiger charge is -2.18. The van der Waals surface area contributed by atoms with Crippen molar-refractivity contribution in [2.45, 2.75) is 32.2 Å². The Bertz CT molecular complexity index is 59.5. The summed E-state index contributed by atoms with van der Waals surface area (Å²) in [7, 11) is 0. The Morgan fingerprint density at radius 2 is 1.88 bits per heavy atom. The second kappa shape index (κ2) is 4.78. The van der Waals surface area contributed by atoms with E-state index in [1.54, 1.807) is 0 Å². The Hall–Kier alpha value is -0.370. The molecule has 1 saturated carbocycles. The van der Waals surface area contributed by atoms with Crippen LogP contribution in [0.15, 0.2) is 0 Å². The van der Waals surface area contributed by atoms with Gasteiger partial charge in [0, 0.05) is 6.04 Å². The van der Waals surface area contributed by atoms with E-state index in [-0.39, 0.29) is 0 Å². The highest BCUT2D eigenvalue weighted by Gasteiger charge is 2.09. The van der Waals surface area contributed by atoms with E-state index in [9.17, 15) is 0 Å². The Morgan fingerprint density at radius 1 is 1.62 bits per heavy atom. The molecular weight excluding hydrogens is 102 g/mol. The average Bonchev–Trinajstić information content (AvgIpc) is 1.64. The maximum atomic E-state index is 8.81. The van der Waals surface area contributed by atoms with Crippen molar-refractivity contribution in [3.05, 3.63) is 0 Å². The van der Waals surface area contributed by atoms with Crippen molar-refractivity contribution in [1.29, 1.82) is 0 Å². The summed E-state index contributed by atoms with van der Waals surface area (Å²) in [6.07, 6.45) is 4.64. The van der Waals surface area contributed by atoms with Crippen molar-refractivity contribution in [1.82, 2.24) is 0 Å². The smallest absolute Gasteiger partial charge is 0.116 e. The first-order valence-corrected chi connectivity index (χ1v) is 2.96. The predicted octanol–water partition coefficient (Wildman–Crippen LogP) is 0.703. The summed E-state index contributed by atoms with van der Waals surface area (Å²) >= 11 is 0. The molecule has 0 amide bonds. The SMILES string of the molecule is CC=O.NC1CCC1. The van der Waals surface area contributed by atoms with Crippen LogP contribution in [0.25, 0.3) is 0 Å². The molecule has 8 heavy (non-hydrogen) atoms. The summed E-state index contributed by atoms with van der Waals surface area (Å²) in [5, 5.41) is 0. The van der Waals surface area contributed by atoms with E-state index >= 15 is 0 Å². The van der Waals surface area contributed by atoms with Gasteiger partial charge in [-0.2, -0.15) is 0 Å². The fourth-order valence-electron chi connectivity index (χ4n) is 0.440. The number of hydrogen-bond acceptors (Lipinski definition) is 2. The number of rotatable bonds is 0. The van der Waals surface area contributed by atoms with Gasteiger partial charge in [-0.05, 0) is 19.8 Å². The van der Waals surface area contributed by atoms with Crippen molar-refractivity contribution in [3.63, 3.8) is 0 Å². The Morgan fingerprint density at radius 3 is 1.88 bits per heavy atom. The van der Waals surface area contributed by atoms with Crippen molar-refractivity contribution in [2.24, 2.45) is 5.73 Å². The molecule has 0 atom stereocenters. The molecule has 0 radical (unpaired) electrons. The first-order chi connectivity index (χ1) is 3.81. The maximum absolute atomic E-state index is 8.81. The molecule has 0 bridgehead atoms. The van der Waals surface area contributed by atoms with Crippen molar-refractivity contribution >= 4 is 6.29 Å². The Kier molecular flexibility index (Phi) is 4.56. The van der Waals surface area contributed by atoms with Gasteiger partial charge in [0.15, 0.2) is 0 Å². The van der Waals surface area contributed by atoms with Crippen LogP contribution in [-0.2, 0) is 4.79 Å². The molecule has 1 aliphatic rings. The molecule has 0 unspecified atom stereocenters. The van der Waals surface area contributed by atoms with E-state index in [1.165, 1.54) is 26.2 Å². The zero-order valence-electron chi connectivity index (χ0n) is 5.26. The summed E-state index contributed by atoms with van der Waals surface area (Å²) in [6.45, 7) is 1.44. The minimum absolute atomic E-state index is 0.565. The highest BCUT2D eigenvalue weighted by atomic mass is 16.1. The third-order valence-corrected chi connectivity index (χ3v) is 1.15. The zero-order chi connectivity index (χ0) is 6.41. The molecule has 2 heteroatoms. The third kappa shape index (κ3) is 3.81. The van der Waals surface area contributed by atoms with Crippen LogP contribution < -0.4 is 5.73 Å². The number of nitrogens with two attached hydrogens (primary N) is 1. The highest BCUT2D eigenvalue weighted by Crippen LogP contribution is 2.14. The van der Waals surface area contributed by atoms with Gasteiger partial charge in [0.25, 0.3) is 0 Å². The molecule has 0 aliphatic heterocycles. The van der Waals surface area contributed by atoms with E-state index in [0.717, 1.165) is 6.29 Å². The minimum Gasteiger partial charge on any atom is -0.328 e. The molecule has 2 nitrogen and oxygen atoms in total. The summed E-state index contributed by atoms with van der Waals surface area (Å²) in [5.41, 5.74) is 5.38. The van der Waals surface area contributed by atoms with E-state index in [4.69, 9.17) is 10.5 Å². The van der Waals surface area contributed by atoms with Crippen molar-refractivity contribution in [2.75, 3.05) is 0 Å². The van der Waals surface area contributed by atoms with E-state index < -0.39 is 0 Å². The average molecular weight is 115 g/mol. The lowest BCUT2D eigenvalue weighted by atomic mass is 9.95. The molecular formula is C6H13NO. The molecule has 1 aliphatic carbocycles. The zero-order valence-corrected chi connectivity index (χ0v) is 5.26. The fraction of sp³-hybridized carbons (Fsp3) is 0.833. The molecule has 1 fully saturated rings. The van der Waals surface area contributed by atoms with Gasteiger partial charge < -0.3 is 10.5 Å². The molecule has 0 aromatic carbocycles. The van der Waals surface area contributed by atoms with Gasteiger partial charge in [-0.3, -0.25) is 0 Å². The van der Waals surface area contributed by atoms with Gasteiger partial charge in [-0.1, -0.05) is 6.42 Å². The number of aldehydes is 1. The first-order valence-electron chi connectivity index (χ1n) is 2.96. The summed E-state index contributed by atoms with van der Waals surface area (Å²) in [5.74, 6) is 0. The monoisotopic (exact) mass is 115 g/mol. The normalized spacial score (nSPS) is 17.8. The van der Waals surface area contributed by atoms with E-state index in [0.29, 0.717) is 6.04 Å². The molecule has 0 heterocycles. The summed E-state index contributed by atoms with van der Waals surface area (Å²) < 4.78 is 0. The quantitative estimate of drug-likeness (QED) is 0.472. The molecule has 0 saturated heterocycles. The van der Waals surface area contributed by atoms with Crippen LogP contribution in [0.3, 0.4) is 0 Å². The first kappa shape index (κ1) is 7.63. The lowest BCUT2D eigenvalue weighted by molar-refractivity contribution is -0.106. The van der Waals surface area contributed by atoms with Crippen LogP contribution in [0.1, 0.15) is 26.2 Å². The van der Waals surface area contributed by atoms with Gasteiger partial charge in [0.05, 0.1) is 0 Å². The minimum atomic E-state index is 0.565. The van der Waals surface area contributed by atoms with Crippen LogP contribution in [0.4, 0.5) is 0 Å². The summed E-state index contributed by atoms with van der Waals surface area (Å²) in [6, 6.07) is 0.565. The maximum Gasteiger partial charge on any atom is 0.116 e. The van der Waals surface area contributed by atoms with Crippen LogP contribution in [-0.4, -0.2) is 12.3 Å². The van der Waals surface area contributed by atoms with Gasteiger partial charge in [-0.25, -0.2) is 0 Å². The Labute approximate surface area is 50.1 Å². The topological polar surface area (TPSA) is 43.1 Å². The predicted molar refractivity (Wildman–Crippen MR) is 33.6 cm³/mol. The highest BCUT2D eigenvalue weighted by molar-refractivity contribution is 5.44. The number of carbonyl (C=O) groups is 1. The molecule has 1 rings (SSSR count). The van der Waals surface area contributed by atoms with Gasteiger partial charge in [0.2, 0.25) is 0 Å². The second-order valence-corrected chi connectivity index (χ2v) is 1.93. The van der Waals surface area contributed by atoms with Crippen molar-refractivity contribution in [3.8, 4) is 0 Å². The molecule has 0 aromatic heterocycles. The summed E-state index contributed by atoms with van der Waals surface area (Å²) in [4.78, 5) is 8.81. The number of carbonyl (C=O) groups excluding carboxylic acids is 1. The molecule has 0 aromatic rings. The fourth-order valence-corrected chi connectivity index (χ4v) is 0.440. The van der Waals surface area contributed by atoms with Crippen LogP contribution in [0, 0.1) is 0 Å². The standard InChI is InChI=1S/C4H9N.C2H4O/c5-4-2-1-3-4;1-2-3/h4H,1-3,5H2;2H,1H3. The van der Waals surface area contributed by atoms with E-state index in [2.05, 4.69) is 0 Å². The van der Waals surface area contributed by atoms with Crippen LogP contribution >= 0.6 is 0 Å². The van der Waals surface area contributed by atoms with Crippen molar-refractivity contribution < 1.29 is 4.79 Å².